The average Bonchev–Trinajstić information content (AvgIpc) is 2.77. The van der Waals surface area contributed by atoms with Crippen molar-refractivity contribution in [3.8, 4) is 0 Å². The van der Waals surface area contributed by atoms with Gasteiger partial charge in [-0.1, -0.05) is 0 Å². The molecule has 0 N–H and O–H groups in total. The Morgan fingerprint density at radius 3 is 3.06 bits per heavy atom. The van der Waals surface area contributed by atoms with Crippen LogP contribution in [0.1, 0.15) is 49.4 Å². The maximum atomic E-state index is 11.1. The van der Waals surface area contributed by atoms with Gasteiger partial charge in [0.2, 0.25) is 0 Å². The molecule has 0 amide bonds. The quantitative estimate of drug-likeness (QED) is 0.840. The summed E-state index contributed by atoms with van der Waals surface area (Å²) in [5, 5.41) is 1.22. The van der Waals surface area contributed by atoms with Crippen molar-refractivity contribution in [2.45, 2.75) is 52.0 Å². The van der Waals surface area contributed by atoms with Crippen molar-refractivity contribution >= 4 is 17.1 Å². The molecule has 100 valence electrons. The summed E-state index contributed by atoms with van der Waals surface area (Å²) >= 11 is 1.72. The van der Waals surface area contributed by atoms with Crippen molar-refractivity contribution in [2.24, 2.45) is 0 Å². The average molecular weight is 266 g/mol. The van der Waals surface area contributed by atoms with Gasteiger partial charge in [-0.3, -0.25) is 4.79 Å². The van der Waals surface area contributed by atoms with E-state index in [9.17, 15) is 4.79 Å². The summed E-state index contributed by atoms with van der Waals surface area (Å²) < 4.78 is 0. The van der Waals surface area contributed by atoms with Gasteiger partial charge in [-0.2, -0.15) is 0 Å². The van der Waals surface area contributed by atoms with Gasteiger partial charge in [-0.15, -0.1) is 11.3 Å². The standard InChI is InChI=1S/C14H22N2OS/c1-10(2)16-6-4-5-12(9-16)14-15-8-13(18-14)7-11(3)17/h8,10,12H,4-7,9H2,1-3H3. The summed E-state index contributed by atoms with van der Waals surface area (Å²) in [6.07, 6.45) is 4.91. The van der Waals surface area contributed by atoms with E-state index in [1.807, 2.05) is 6.20 Å². The van der Waals surface area contributed by atoms with Gasteiger partial charge in [0, 0.05) is 36.0 Å². The molecule has 1 aliphatic rings. The number of Topliss-reactive ketones (excluding diaryl/α,β-unsaturated/α-hetero) is 1. The second-order valence-electron chi connectivity index (χ2n) is 5.47. The van der Waals surface area contributed by atoms with Crippen LogP contribution < -0.4 is 0 Å². The Kier molecular flexibility index (Phi) is 4.51. The second-order valence-corrected chi connectivity index (χ2v) is 6.62. The molecule has 0 spiro atoms. The monoisotopic (exact) mass is 266 g/mol. The molecule has 1 saturated heterocycles. The van der Waals surface area contributed by atoms with Crippen molar-refractivity contribution in [1.82, 2.24) is 9.88 Å². The Bertz CT molecular complexity index is 414. The first kappa shape index (κ1) is 13.7. The van der Waals surface area contributed by atoms with Gasteiger partial charge >= 0.3 is 0 Å². The predicted molar refractivity (Wildman–Crippen MR) is 75.2 cm³/mol. The van der Waals surface area contributed by atoms with E-state index in [0.717, 1.165) is 11.4 Å². The van der Waals surface area contributed by atoms with Crippen molar-refractivity contribution in [3.05, 3.63) is 16.1 Å². The van der Waals surface area contributed by atoms with Crippen LogP contribution in [0.15, 0.2) is 6.20 Å². The smallest absolute Gasteiger partial charge is 0.135 e. The van der Waals surface area contributed by atoms with Gasteiger partial charge in [0.25, 0.3) is 0 Å². The lowest BCUT2D eigenvalue weighted by Crippen LogP contribution is -2.39. The highest BCUT2D eigenvalue weighted by molar-refractivity contribution is 7.11. The minimum absolute atomic E-state index is 0.220. The highest BCUT2D eigenvalue weighted by Crippen LogP contribution is 2.30. The number of carbonyl (C=O) groups is 1. The molecule has 1 atom stereocenters. The van der Waals surface area contributed by atoms with Crippen LogP contribution in [-0.2, 0) is 11.2 Å². The molecule has 1 fully saturated rings. The third-order valence-electron chi connectivity index (χ3n) is 3.53. The topological polar surface area (TPSA) is 33.2 Å². The molecule has 2 heterocycles. The fraction of sp³-hybridized carbons (Fsp3) is 0.714. The number of thiazole rings is 1. The lowest BCUT2D eigenvalue weighted by atomic mass is 9.98. The molecule has 4 heteroatoms. The number of nitrogens with zero attached hydrogens (tertiary/aromatic N) is 2. The van der Waals surface area contributed by atoms with Crippen molar-refractivity contribution in [1.29, 1.82) is 0 Å². The molecule has 0 bridgehead atoms. The van der Waals surface area contributed by atoms with E-state index in [-0.39, 0.29) is 5.78 Å². The Labute approximate surface area is 113 Å². The molecule has 0 saturated carbocycles. The first-order chi connectivity index (χ1) is 8.56. The van der Waals surface area contributed by atoms with E-state index in [1.165, 1.54) is 24.4 Å². The number of hydrogen-bond acceptors (Lipinski definition) is 4. The Morgan fingerprint density at radius 1 is 1.61 bits per heavy atom. The van der Waals surface area contributed by atoms with Crippen LogP contribution in [-0.4, -0.2) is 34.8 Å². The molecule has 18 heavy (non-hydrogen) atoms. The van der Waals surface area contributed by atoms with Crippen LogP contribution in [0.2, 0.25) is 0 Å². The van der Waals surface area contributed by atoms with Gasteiger partial charge in [0.1, 0.15) is 5.78 Å². The minimum Gasteiger partial charge on any atom is -0.300 e. The molecule has 1 unspecified atom stereocenters. The van der Waals surface area contributed by atoms with Crippen LogP contribution in [0, 0.1) is 0 Å². The minimum atomic E-state index is 0.220. The van der Waals surface area contributed by atoms with Crippen molar-refractivity contribution in [3.63, 3.8) is 0 Å². The lowest BCUT2D eigenvalue weighted by molar-refractivity contribution is -0.116. The third-order valence-corrected chi connectivity index (χ3v) is 4.69. The number of rotatable bonds is 4. The summed E-state index contributed by atoms with van der Waals surface area (Å²) in [4.78, 5) is 19.3. The van der Waals surface area contributed by atoms with E-state index >= 15 is 0 Å². The van der Waals surface area contributed by atoms with Crippen LogP contribution in [0.4, 0.5) is 0 Å². The molecule has 0 radical (unpaired) electrons. The van der Waals surface area contributed by atoms with Crippen molar-refractivity contribution in [2.75, 3.05) is 13.1 Å². The van der Waals surface area contributed by atoms with Crippen LogP contribution in [0.25, 0.3) is 0 Å². The van der Waals surface area contributed by atoms with Crippen LogP contribution in [0.3, 0.4) is 0 Å². The zero-order valence-corrected chi connectivity index (χ0v) is 12.3. The lowest BCUT2D eigenvalue weighted by Gasteiger charge is -2.34. The predicted octanol–water partition coefficient (Wildman–Crippen LogP) is 2.86. The fourth-order valence-corrected chi connectivity index (χ4v) is 3.63. The number of likely N-dealkylation sites (tertiary alicyclic amines) is 1. The molecule has 1 aliphatic heterocycles. The van der Waals surface area contributed by atoms with Gasteiger partial charge in [-0.25, -0.2) is 4.98 Å². The van der Waals surface area contributed by atoms with E-state index in [0.29, 0.717) is 18.4 Å². The van der Waals surface area contributed by atoms with Crippen LogP contribution in [0.5, 0.6) is 0 Å². The summed E-state index contributed by atoms with van der Waals surface area (Å²) in [7, 11) is 0. The van der Waals surface area contributed by atoms with Gasteiger partial charge < -0.3 is 4.90 Å². The first-order valence-electron chi connectivity index (χ1n) is 6.74. The molecule has 0 aromatic carbocycles. The van der Waals surface area contributed by atoms with Gasteiger partial charge in [-0.05, 0) is 40.2 Å². The number of piperidine rings is 1. The zero-order chi connectivity index (χ0) is 13.1. The maximum Gasteiger partial charge on any atom is 0.135 e. The summed E-state index contributed by atoms with van der Waals surface area (Å²) in [5.41, 5.74) is 0. The highest BCUT2D eigenvalue weighted by atomic mass is 32.1. The fourth-order valence-electron chi connectivity index (χ4n) is 2.52. The molecule has 1 aromatic heterocycles. The number of hydrogen-bond donors (Lipinski definition) is 0. The normalized spacial score (nSPS) is 21.4. The van der Waals surface area contributed by atoms with E-state index in [1.54, 1.807) is 18.3 Å². The SMILES string of the molecule is CC(=O)Cc1cnc(C2CCCN(C(C)C)C2)s1. The number of ketones is 1. The Balaban J connectivity index is 2.02. The molecule has 3 nitrogen and oxygen atoms in total. The zero-order valence-electron chi connectivity index (χ0n) is 11.5. The summed E-state index contributed by atoms with van der Waals surface area (Å²) in [6, 6.07) is 0.615. The Hall–Kier alpha value is -0.740. The molecular weight excluding hydrogens is 244 g/mol. The number of carbonyl (C=O) groups excluding carboxylic acids is 1. The van der Waals surface area contributed by atoms with Gasteiger partial charge in [0.15, 0.2) is 0 Å². The summed E-state index contributed by atoms with van der Waals surface area (Å²) in [5.74, 6) is 0.782. The van der Waals surface area contributed by atoms with E-state index in [4.69, 9.17) is 0 Å². The van der Waals surface area contributed by atoms with E-state index in [2.05, 4.69) is 23.7 Å². The molecule has 0 aliphatic carbocycles. The van der Waals surface area contributed by atoms with Crippen LogP contribution >= 0.6 is 11.3 Å². The van der Waals surface area contributed by atoms with Gasteiger partial charge in [0.05, 0.1) is 5.01 Å². The largest absolute Gasteiger partial charge is 0.300 e. The maximum absolute atomic E-state index is 11.1. The number of aromatic nitrogens is 1. The first-order valence-corrected chi connectivity index (χ1v) is 7.56. The Morgan fingerprint density at radius 2 is 2.39 bits per heavy atom. The molecular formula is C14H22N2OS. The third kappa shape index (κ3) is 3.39. The highest BCUT2D eigenvalue weighted by Gasteiger charge is 2.25. The van der Waals surface area contributed by atoms with Crippen molar-refractivity contribution < 1.29 is 4.79 Å². The second kappa shape index (κ2) is 5.93. The summed E-state index contributed by atoms with van der Waals surface area (Å²) in [6.45, 7) is 8.47. The molecule has 1 aromatic rings. The molecule has 2 rings (SSSR count). The van der Waals surface area contributed by atoms with E-state index < -0.39 is 0 Å².